The lowest BCUT2D eigenvalue weighted by atomic mass is 9.76. The number of rotatable bonds is 4. The number of likely N-dealkylation sites (tertiary alicyclic amines) is 2. The molecule has 25 heavy (non-hydrogen) atoms. The maximum absolute atomic E-state index is 11.8. The van der Waals surface area contributed by atoms with Gasteiger partial charge in [-0.3, -0.25) is 9.69 Å². The van der Waals surface area contributed by atoms with E-state index in [-0.39, 0.29) is 11.3 Å². The minimum atomic E-state index is -0.883. The first-order valence-corrected chi connectivity index (χ1v) is 8.82. The van der Waals surface area contributed by atoms with E-state index in [0.717, 1.165) is 38.2 Å². The van der Waals surface area contributed by atoms with E-state index in [2.05, 4.69) is 17.9 Å². The molecule has 0 radical (unpaired) electrons. The monoisotopic (exact) mass is 346 g/mol. The second kappa shape index (κ2) is 7.04. The Bertz CT molecular complexity index is 633. The van der Waals surface area contributed by atoms with E-state index in [4.69, 9.17) is 4.42 Å². The van der Waals surface area contributed by atoms with Crippen LogP contribution in [0.15, 0.2) is 28.4 Å². The van der Waals surface area contributed by atoms with Gasteiger partial charge in [0.15, 0.2) is 0 Å². The first kappa shape index (κ1) is 17.7. The van der Waals surface area contributed by atoms with Crippen molar-refractivity contribution < 1.29 is 19.1 Å². The van der Waals surface area contributed by atoms with Crippen molar-refractivity contribution in [2.75, 3.05) is 26.2 Å². The standard InChI is InChI=1S/C19H26N2O4/c1-14(10-16-4-3-9-25-16)12-20-7-5-19(6-8-20)11-17(18(23)24)21(13-19)15(2)22/h3-4,9-10,17H,5-8,11-13H2,1-2H3,(H,23,24)/b14-10+/t17-/m0/s1. The van der Waals surface area contributed by atoms with Crippen molar-refractivity contribution in [1.29, 1.82) is 0 Å². The zero-order valence-corrected chi connectivity index (χ0v) is 14.9. The molecule has 1 amide bonds. The molecule has 3 rings (SSSR count). The highest BCUT2D eigenvalue weighted by Gasteiger charge is 2.48. The van der Waals surface area contributed by atoms with Gasteiger partial charge >= 0.3 is 5.97 Å². The summed E-state index contributed by atoms with van der Waals surface area (Å²) in [6, 6.07) is 3.16. The molecule has 0 saturated carbocycles. The molecule has 0 bridgehead atoms. The predicted molar refractivity (Wildman–Crippen MR) is 93.9 cm³/mol. The average molecular weight is 346 g/mol. The lowest BCUT2D eigenvalue weighted by molar-refractivity contribution is -0.147. The number of carbonyl (C=O) groups excluding carboxylic acids is 1. The van der Waals surface area contributed by atoms with Gasteiger partial charge in [0.2, 0.25) is 5.91 Å². The van der Waals surface area contributed by atoms with Gasteiger partial charge < -0.3 is 14.4 Å². The third kappa shape index (κ3) is 3.95. The van der Waals surface area contributed by atoms with E-state index < -0.39 is 12.0 Å². The van der Waals surface area contributed by atoms with E-state index in [1.807, 2.05) is 12.1 Å². The van der Waals surface area contributed by atoms with Crippen LogP contribution in [-0.2, 0) is 9.59 Å². The summed E-state index contributed by atoms with van der Waals surface area (Å²) in [6.45, 7) is 6.89. The van der Waals surface area contributed by atoms with Crippen LogP contribution in [0.1, 0.15) is 38.9 Å². The number of hydrogen-bond acceptors (Lipinski definition) is 4. The first-order valence-electron chi connectivity index (χ1n) is 8.82. The Kier molecular flexibility index (Phi) is 4.99. The highest BCUT2D eigenvalue weighted by Crippen LogP contribution is 2.43. The lowest BCUT2D eigenvalue weighted by Crippen LogP contribution is -2.42. The summed E-state index contributed by atoms with van der Waals surface area (Å²) in [7, 11) is 0. The molecule has 0 unspecified atom stereocenters. The van der Waals surface area contributed by atoms with Crippen molar-refractivity contribution >= 4 is 18.0 Å². The number of carboxylic acids is 1. The lowest BCUT2D eigenvalue weighted by Gasteiger charge is -2.39. The van der Waals surface area contributed by atoms with Gasteiger partial charge in [-0.05, 0) is 62.9 Å². The molecular weight excluding hydrogens is 320 g/mol. The second-order valence-corrected chi connectivity index (χ2v) is 7.49. The molecule has 2 fully saturated rings. The van der Waals surface area contributed by atoms with Crippen molar-refractivity contribution in [2.24, 2.45) is 5.41 Å². The fourth-order valence-corrected chi connectivity index (χ4v) is 4.17. The minimum Gasteiger partial charge on any atom is -0.480 e. The second-order valence-electron chi connectivity index (χ2n) is 7.49. The topological polar surface area (TPSA) is 74.0 Å². The highest BCUT2D eigenvalue weighted by molar-refractivity contribution is 5.83. The number of hydrogen-bond donors (Lipinski definition) is 1. The summed E-state index contributed by atoms with van der Waals surface area (Å²) >= 11 is 0. The normalized spacial score (nSPS) is 24.0. The highest BCUT2D eigenvalue weighted by atomic mass is 16.4. The molecule has 136 valence electrons. The van der Waals surface area contributed by atoms with E-state index in [1.165, 1.54) is 12.5 Å². The van der Waals surface area contributed by atoms with Crippen LogP contribution in [-0.4, -0.2) is 59.0 Å². The van der Waals surface area contributed by atoms with Crippen LogP contribution in [0.5, 0.6) is 0 Å². The van der Waals surface area contributed by atoms with Crippen molar-refractivity contribution in [1.82, 2.24) is 9.80 Å². The van der Waals surface area contributed by atoms with E-state index in [1.54, 1.807) is 11.2 Å². The fraction of sp³-hybridized carbons (Fsp3) is 0.579. The zero-order valence-electron chi connectivity index (χ0n) is 14.9. The number of piperidine rings is 1. The quantitative estimate of drug-likeness (QED) is 0.906. The number of carboxylic acid groups (broad SMARTS) is 1. The Morgan fingerprint density at radius 1 is 1.36 bits per heavy atom. The Hall–Kier alpha value is -2.08. The number of amides is 1. The fourth-order valence-electron chi connectivity index (χ4n) is 4.17. The van der Waals surface area contributed by atoms with Crippen LogP contribution < -0.4 is 0 Å². The van der Waals surface area contributed by atoms with Crippen LogP contribution in [0.3, 0.4) is 0 Å². The molecule has 0 aliphatic carbocycles. The molecular formula is C19H26N2O4. The third-order valence-corrected chi connectivity index (χ3v) is 5.52. The predicted octanol–water partition coefficient (Wildman–Crippen LogP) is 2.47. The van der Waals surface area contributed by atoms with Gasteiger partial charge in [0.25, 0.3) is 0 Å². The maximum Gasteiger partial charge on any atom is 0.326 e. The van der Waals surface area contributed by atoms with Crippen LogP contribution in [0.4, 0.5) is 0 Å². The molecule has 6 heteroatoms. The van der Waals surface area contributed by atoms with Crippen LogP contribution in [0.25, 0.3) is 6.08 Å². The van der Waals surface area contributed by atoms with Gasteiger partial charge in [0.05, 0.1) is 6.26 Å². The Balaban J connectivity index is 1.58. The number of aliphatic carboxylic acids is 1. The van der Waals surface area contributed by atoms with Crippen molar-refractivity contribution in [3.05, 3.63) is 29.7 Å². The van der Waals surface area contributed by atoms with Crippen LogP contribution >= 0.6 is 0 Å². The number of furan rings is 1. The van der Waals surface area contributed by atoms with Crippen LogP contribution in [0, 0.1) is 5.41 Å². The van der Waals surface area contributed by atoms with Crippen LogP contribution in [0.2, 0.25) is 0 Å². The smallest absolute Gasteiger partial charge is 0.326 e. The van der Waals surface area contributed by atoms with E-state index in [9.17, 15) is 14.7 Å². The molecule has 1 atom stereocenters. The average Bonchev–Trinajstić information content (AvgIpc) is 3.18. The summed E-state index contributed by atoms with van der Waals surface area (Å²) < 4.78 is 5.35. The number of nitrogens with zero attached hydrogens (tertiary/aromatic N) is 2. The summed E-state index contributed by atoms with van der Waals surface area (Å²) in [5.41, 5.74) is 1.20. The molecule has 2 aliphatic rings. The number of carbonyl (C=O) groups is 2. The maximum atomic E-state index is 11.8. The Labute approximate surface area is 148 Å². The van der Waals surface area contributed by atoms with Gasteiger partial charge in [-0.15, -0.1) is 0 Å². The third-order valence-electron chi connectivity index (χ3n) is 5.52. The molecule has 6 nitrogen and oxygen atoms in total. The summed E-state index contributed by atoms with van der Waals surface area (Å²) in [5.74, 6) is -0.154. The Morgan fingerprint density at radius 2 is 2.08 bits per heavy atom. The SMILES string of the molecule is CC(=O)N1CC2(CCN(C/C(C)=C/c3ccco3)CC2)C[C@H]1C(=O)O. The molecule has 1 aromatic heterocycles. The molecule has 1 N–H and O–H groups in total. The Morgan fingerprint density at radius 3 is 2.60 bits per heavy atom. The molecule has 2 saturated heterocycles. The van der Waals surface area contributed by atoms with Gasteiger partial charge in [-0.2, -0.15) is 0 Å². The zero-order chi connectivity index (χ0) is 18.0. The van der Waals surface area contributed by atoms with Crippen molar-refractivity contribution in [2.45, 2.75) is 39.2 Å². The first-order chi connectivity index (χ1) is 11.9. The van der Waals surface area contributed by atoms with Crippen molar-refractivity contribution in [3.63, 3.8) is 0 Å². The largest absolute Gasteiger partial charge is 0.480 e. The molecule has 1 spiro atoms. The molecule has 3 heterocycles. The summed E-state index contributed by atoms with van der Waals surface area (Å²) in [6.07, 6.45) is 6.18. The summed E-state index contributed by atoms with van der Waals surface area (Å²) in [4.78, 5) is 27.2. The van der Waals surface area contributed by atoms with E-state index >= 15 is 0 Å². The van der Waals surface area contributed by atoms with Gasteiger partial charge in [0, 0.05) is 20.0 Å². The van der Waals surface area contributed by atoms with Gasteiger partial charge in [-0.25, -0.2) is 4.79 Å². The van der Waals surface area contributed by atoms with Crippen molar-refractivity contribution in [3.8, 4) is 0 Å². The molecule has 2 aliphatic heterocycles. The summed E-state index contributed by atoms with van der Waals surface area (Å²) in [5, 5.41) is 9.42. The van der Waals surface area contributed by atoms with Gasteiger partial charge in [0.1, 0.15) is 11.8 Å². The molecule has 0 aromatic carbocycles. The van der Waals surface area contributed by atoms with E-state index in [0.29, 0.717) is 13.0 Å². The van der Waals surface area contributed by atoms with Gasteiger partial charge in [-0.1, -0.05) is 5.57 Å². The molecule has 1 aromatic rings. The minimum absolute atomic E-state index is 0.0378.